The molecule has 0 amide bonds. The molecule has 0 saturated carbocycles. The first kappa shape index (κ1) is 18.2. The molecule has 28 heavy (non-hydrogen) atoms. The minimum Gasteiger partial charge on any atom is -0.464 e. The van der Waals surface area contributed by atoms with Crippen molar-refractivity contribution in [2.45, 2.75) is 26.6 Å². The smallest absolute Gasteiger partial charge is 0.318 e. The Morgan fingerprint density at radius 2 is 2.04 bits per heavy atom. The van der Waals surface area contributed by atoms with Gasteiger partial charge in [0, 0.05) is 39.9 Å². The molecule has 0 unspecified atom stereocenters. The van der Waals surface area contributed by atoms with Gasteiger partial charge in [-0.3, -0.25) is 9.67 Å². The van der Waals surface area contributed by atoms with Gasteiger partial charge in [-0.1, -0.05) is 0 Å². The van der Waals surface area contributed by atoms with E-state index in [9.17, 15) is 4.39 Å². The first-order valence-corrected chi connectivity index (χ1v) is 10.5. The van der Waals surface area contributed by atoms with Crippen LogP contribution in [-0.4, -0.2) is 51.1 Å². The summed E-state index contributed by atoms with van der Waals surface area (Å²) in [6, 6.07) is 1.71. The molecule has 144 valence electrons. The van der Waals surface area contributed by atoms with Crippen molar-refractivity contribution < 1.29 is 9.13 Å². The zero-order chi connectivity index (χ0) is 19.7. The molecule has 0 saturated heterocycles. The number of halogens is 1. The predicted octanol–water partition coefficient (Wildman–Crippen LogP) is 1.30. The van der Waals surface area contributed by atoms with Crippen molar-refractivity contribution in [2.24, 2.45) is 0 Å². The average Bonchev–Trinajstić information content (AvgIpc) is 3.28. The van der Waals surface area contributed by atoms with Crippen molar-refractivity contribution in [1.82, 2.24) is 34.3 Å². The second-order valence-electron chi connectivity index (χ2n) is 6.31. The number of aryl methyl sites for hydroxylation is 1. The van der Waals surface area contributed by atoms with E-state index in [0.717, 1.165) is 22.0 Å². The molecule has 0 bridgehead atoms. The molecule has 4 rings (SSSR count). The third-order valence-electron chi connectivity index (χ3n) is 4.34. The third-order valence-corrected chi connectivity index (χ3v) is 4.98. The molecule has 4 aromatic heterocycles. The molecule has 10 heteroatoms. The van der Waals surface area contributed by atoms with Gasteiger partial charge in [-0.25, -0.2) is 9.37 Å². The van der Waals surface area contributed by atoms with Gasteiger partial charge in [0.15, 0.2) is 5.65 Å². The minimum absolute atomic E-state index is 0.299. The Kier molecular flexibility index (Phi) is 4.86. The molecule has 0 atom stereocenters. The molecular formula is C18H20FN7OSi. The molecule has 0 aromatic carbocycles. The number of aromatic nitrogens is 7. The van der Waals surface area contributed by atoms with Crippen molar-refractivity contribution in [1.29, 1.82) is 0 Å². The molecule has 4 aromatic rings. The largest absolute Gasteiger partial charge is 0.464 e. The summed E-state index contributed by atoms with van der Waals surface area (Å²) in [7, 11) is 1.02. The Morgan fingerprint density at radius 3 is 2.75 bits per heavy atom. The van der Waals surface area contributed by atoms with Crippen molar-refractivity contribution in [3.63, 3.8) is 0 Å². The number of rotatable bonds is 6. The van der Waals surface area contributed by atoms with Crippen LogP contribution < -0.4 is 4.74 Å². The fourth-order valence-corrected chi connectivity index (χ4v) is 3.40. The second-order valence-corrected chi connectivity index (χ2v) is 6.95. The van der Waals surface area contributed by atoms with E-state index in [1.165, 1.54) is 12.3 Å². The van der Waals surface area contributed by atoms with Gasteiger partial charge in [-0.05, 0) is 19.9 Å². The van der Waals surface area contributed by atoms with E-state index in [4.69, 9.17) is 9.72 Å². The Hall–Kier alpha value is -3.14. The summed E-state index contributed by atoms with van der Waals surface area (Å²) in [6.45, 7) is 4.70. The Bertz CT molecular complexity index is 1140. The summed E-state index contributed by atoms with van der Waals surface area (Å²) in [4.78, 5) is 17.6. The van der Waals surface area contributed by atoms with Crippen molar-refractivity contribution in [2.75, 3.05) is 6.61 Å². The third kappa shape index (κ3) is 3.38. The van der Waals surface area contributed by atoms with Crippen LogP contribution >= 0.6 is 0 Å². The van der Waals surface area contributed by atoms with Crippen molar-refractivity contribution in [3.8, 4) is 17.4 Å². The number of hydrogen-bond donors (Lipinski definition) is 0. The van der Waals surface area contributed by atoms with Gasteiger partial charge in [0.1, 0.15) is 17.2 Å². The molecule has 8 nitrogen and oxygen atoms in total. The van der Waals surface area contributed by atoms with Crippen LogP contribution in [0.2, 0.25) is 0 Å². The highest BCUT2D eigenvalue weighted by Crippen LogP contribution is 2.27. The maximum atomic E-state index is 13.8. The lowest BCUT2D eigenvalue weighted by Gasteiger charge is -2.08. The highest BCUT2D eigenvalue weighted by Gasteiger charge is 2.19. The van der Waals surface area contributed by atoms with Crippen LogP contribution in [0.5, 0.6) is 6.01 Å². The summed E-state index contributed by atoms with van der Waals surface area (Å²) >= 11 is 0. The standard InChI is InChI=1S/C18H20FN7OSi/c1-3-27-18-22-11(2)15-17(24-18)26(9-12-5-21-25(8-12)10-28)16(23-15)13-4-14(19)7-20-6-13/h4-8H,3,9-10H2,1-2,28H3. The molecule has 0 N–H and O–H groups in total. The number of hydrogen-bond acceptors (Lipinski definition) is 6. The zero-order valence-electron chi connectivity index (χ0n) is 15.9. The monoisotopic (exact) mass is 397 g/mol. The summed E-state index contributed by atoms with van der Waals surface area (Å²) in [5, 5.41) is 4.36. The molecule has 0 spiro atoms. The minimum atomic E-state index is -0.419. The van der Waals surface area contributed by atoms with Crippen LogP contribution in [0.4, 0.5) is 4.39 Å². The molecule has 4 heterocycles. The van der Waals surface area contributed by atoms with E-state index < -0.39 is 5.82 Å². The summed E-state index contributed by atoms with van der Waals surface area (Å²) in [6.07, 6.45) is 7.51. The van der Waals surface area contributed by atoms with Gasteiger partial charge >= 0.3 is 6.01 Å². The van der Waals surface area contributed by atoms with Crippen LogP contribution in [0.1, 0.15) is 18.2 Å². The Balaban J connectivity index is 1.92. The van der Waals surface area contributed by atoms with E-state index in [0.29, 0.717) is 47.4 Å². The molecular weight excluding hydrogens is 377 g/mol. The highest BCUT2D eigenvalue weighted by molar-refractivity contribution is 6.06. The molecule has 0 radical (unpaired) electrons. The Morgan fingerprint density at radius 1 is 1.18 bits per heavy atom. The summed E-state index contributed by atoms with van der Waals surface area (Å²) in [5.41, 5.74) is 3.57. The predicted molar refractivity (Wildman–Crippen MR) is 106 cm³/mol. The Labute approximate surface area is 163 Å². The lowest BCUT2D eigenvalue weighted by Crippen LogP contribution is -2.05. The van der Waals surface area contributed by atoms with Gasteiger partial charge in [0.05, 0.1) is 31.2 Å². The number of imidazole rings is 1. The topological polar surface area (TPSA) is 83.5 Å². The van der Waals surface area contributed by atoms with Gasteiger partial charge in [-0.2, -0.15) is 15.1 Å². The molecule has 0 aliphatic rings. The highest BCUT2D eigenvalue weighted by atomic mass is 28.1. The van der Waals surface area contributed by atoms with E-state index >= 15 is 0 Å². The number of ether oxygens (including phenoxy) is 1. The van der Waals surface area contributed by atoms with Crippen LogP contribution in [0.25, 0.3) is 22.6 Å². The van der Waals surface area contributed by atoms with Gasteiger partial charge in [0.25, 0.3) is 0 Å². The molecule has 0 aliphatic carbocycles. The van der Waals surface area contributed by atoms with E-state index in [1.54, 1.807) is 6.20 Å². The fourth-order valence-electron chi connectivity index (χ4n) is 3.05. The lowest BCUT2D eigenvalue weighted by molar-refractivity contribution is 0.313. The number of nitrogens with zero attached hydrogens (tertiary/aromatic N) is 7. The summed E-state index contributed by atoms with van der Waals surface area (Å²) in [5.74, 6) is 0.157. The van der Waals surface area contributed by atoms with E-state index in [1.807, 2.05) is 35.5 Å². The van der Waals surface area contributed by atoms with E-state index in [-0.39, 0.29) is 0 Å². The van der Waals surface area contributed by atoms with E-state index in [2.05, 4.69) is 20.1 Å². The number of pyridine rings is 1. The van der Waals surface area contributed by atoms with Crippen LogP contribution in [0.15, 0.2) is 30.9 Å². The lowest BCUT2D eigenvalue weighted by atomic mass is 10.2. The van der Waals surface area contributed by atoms with Crippen molar-refractivity contribution in [3.05, 3.63) is 47.9 Å². The van der Waals surface area contributed by atoms with Crippen LogP contribution in [0, 0.1) is 12.7 Å². The van der Waals surface area contributed by atoms with Gasteiger partial charge in [0.2, 0.25) is 0 Å². The molecule has 0 fully saturated rings. The van der Waals surface area contributed by atoms with Gasteiger partial charge in [-0.15, -0.1) is 0 Å². The fraction of sp³-hybridized carbons (Fsp3) is 0.278. The van der Waals surface area contributed by atoms with Gasteiger partial charge < -0.3 is 9.30 Å². The summed E-state index contributed by atoms with van der Waals surface area (Å²) < 4.78 is 23.2. The molecule has 0 aliphatic heterocycles. The SMILES string of the molecule is CCOc1nc(C)c2nc(-c3cncc(F)c3)n(Cc3cnn(C[SiH3])c3)c2n1. The first-order chi connectivity index (χ1) is 13.6. The maximum Gasteiger partial charge on any atom is 0.318 e. The average molecular weight is 397 g/mol. The first-order valence-electron chi connectivity index (χ1n) is 9.09. The van der Waals surface area contributed by atoms with Crippen LogP contribution in [-0.2, 0) is 12.7 Å². The second kappa shape index (κ2) is 7.47. The maximum absolute atomic E-state index is 13.8. The van der Waals surface area contributed by atoms with Crippen molar-refractivity contribution >= 4 is 21.4 Å². The zero-order valence-corrected chi connectivity index (χ0v) is 17.9. The van der Waals surface area contributed by atoms with Crippen LogP contribution in [0.3, 0.4) is 0 Å². The quantitative estimate of drug-likeness (QED) is 0.456. The number of fused-ring (bicyclic) bond motifs is 1. The normalized spacial score (nSPS) is 11.4.